The van der Waals surface area contributed by atoms with Gasteiger partial charge in [0, 0.05) is 8.07 Å². The fraction of sp³-hybridized carbons (Fsp3) is 0.333. The molecule has 2 fully saturated rings. The Balaban J connectivity index is 0.00000162. The van der Waals surface area contributed by atoms with Crippen LogP contribution in [0.3, 0.4) is 0 Å². The second-order valence-corrected chi connectivity index (χ2v) is 21.6. The molecule has 0 unspecified atom stereocenters. The predicted molar refractivity (Wildman–Crippen MR) is 221 cm³/mol. The summed E-state index contributed by atoms with van der Waals surface area (Å²) in [6, 6.07) is 38.3. The summed E-state index contributed by atoms with van der Waals surface area (Å²) in [7, 11) is -2.22. The van der Waals surface area contributed by atoms with Crippen LogP contribution in [-0.4, -0.2) is 8.07 Å². The Kier molecular flexibility index (Phi) is 10.5. The van der Waals surface area contributed by atoms with E-state index in [1.165, 1.54) is 80.6 Å². The van der Waals surface area contributed by atoms with Gasteiger partial charge in [-0.2, -0.15) is 10.4 Å². The van der Waals surface area contributed by atoms with E-state index in [4.69, 9.17) is 0 Å². The molecule has 0 N–H and O–H groups in total. The monoisotopic (exact) mass is 750 g/mol. The van der Waals surface area contributed by atoms with Gasteiger partial charge in [-0.15, -0.1) is 69.1 Å². The first kappa shape index (κ1) is 38.4. The van der Waals surface area contributed by atoms with Crippen LogP contribution in [0.25, 0.3) is 43.8 Å². The molecule has 6 aromatic carbocycles. The van der Waals surface area contributed by atoms with Crippen LogP contribution in [-0.2, 0) is 37.0 Å². The van der Waals surface area contributed by atoms with Crippen LogP contribution in [0.2, 0.25) is 13.1 Å². The zero-order valence-corrected chi connectivity index (χ0v) is 35.7. The molecule has 0 saturated heterocycles. The second kappa shape index (κ2) is 13.6. The van der Waals surface area contributed by atoms with Gasteiger partial charge in [0.1, 0.15) is 0 Å². The number of rotatable bonds is 6. The van der Waals surface area contributed by atoms with Crippen molar-refractivity contribution in [2.75, 3.05) is 0 Å². The standard InChI is InChI=1S/C46H50Si.2CH3.Zr/c1-45(2,3)35-23-19-29(20-24-35)37-13-9-11-33-27-39(31-15-16-31)43(41(33)37)47(7,8)44-40(32-17-18-32)28-34-12-10-14-38(42(34)44)30-21-25-36(26-22-30)46(4,5)6;;;/h9-14,19-28,31-32H,15-18H2,1-8H3;2*1H3;/q-2;2*-1;+4. The number of benzene rings is 4. The van der Waals surface area contributed by atoms with Gasteiger partial charge in [0.25, 0.3) is 0 Å². The summed E-state index contributed by atoms with van der Waals surface area (Å²) in [5.41, 5.74) is 11.9. The van der Waals surface area contributed by atoms with E-state index in [1.54, 1.807) is 21.5 Å². The van der Waals surface area contributed by atoms with Gasteiger partial charge in [-0.3, -0.25) is 0 Å². The first-order valence-electron chi connectivity index (χ1n) is 18.0. The molecule has 2 saturated carbocycles. The Morgan fingerprint density at radius 1 is 0.520 bits per heavy atom. The number of hydrogen-bond acceptors (Lipinski definition) is 0. The van der Waals surface area contributed by atoms with E-state index < -0.39 is 8.07 Å². The topological polar surface area (TPSA) is 0 Å². The molecule has 0 radical (unpaired) electrons. The van der Waals surface area contributed by atoms with Crippen molar-refractivity contribution in [3.63, 3.8) is 0 Å². The van der Waals surface area contributed by atoms with Crippen LogP contribution >= 0.6 is 0 Å². The van der Waals surface area contributed by atoms with Crippen molar-refractivity contribution in [2.24, 2.45) is 0 Å². The summed E-state index contributed by atoms with van der Waals surface area (Å²) >= 11 is 0. The van der Waals surface area contributed by atoms with Crippen LogP contribution in [0, 0.1) is 14.9 Å². The van der Waals surface area contributed by atoms with Gasteiger partial charge in [0.15, 0.2) is 0 Å². The Bertz CT molecular complexity index is 1960. The van der Waals surface area contributed by atoms with Crippen molar-refractivity contribution >= 4 is 40.0 Å². The molecule has 0 amide bonds. The molecule has 0 bridgehead atoms. The Morgan fingerprint density at radius 2 is 0.860 bits per heavy atom. The molecule has 50 heavy (non-hydrogen) atoms. The summed E-state index contributed by atoms with van der Waals surface area (Å²) in [5.74, 6) is 1.41. The first-order valence-corrected chi connectivity index (χ1v) is 21.0. The van der Waals surface area contributed by atoms with E-state index in [-0.39, 0.29) is 51.9 Å². The van der Waals surface area contributed by atoms with E-state index in [2.05, 4.69) is 152 Å². The van der Waals surface area contributed by atoms with Crippen molar-refractivity contribution in [1.29, 1.82) is 0 Å². The largest absolute Gasteiger partial charge is 4.00 e. The third-order valence-electron chi connectivity index (χ3n) is 11.3. The minimum absolute atomic E-state index is 0. The maximum Gasteiger partial charge on any atom is 4.00 e. The van der Waals surface area contributed by atoms with Gasteiger partial charge in [-0.1, -0.05) is 126 Å². The quantitative estimate of drug-likeness (QED) is 0.117. The average Bonchev–Trinajstić information content (AvgIpc) is 3.98. The predicted octanol–water partition coefficient (Wildman–Crippen LogP) is 12.8. The van der Waals surface area contributed by atoms with Crippen LogP contribution < -0.4 is 10.4 Å². The van der Waals surface area contributed by atoms with Gasteiger partial charge in [-0.05, 0) is 70.6 Å². The molecule has 256 valence electrons. The minimum Gasteiger partial charge on any atom is -0.358 e. The minimum atomic E-state index is -2.22. The number of fused-ring (bicyclic) bond motifs is 2. The Morgan fingerprint density at radius 3 is 1.16 bits per heavy atom. The van der Waals surface area contributed by atoms with Crippen LogP contribution in [0.15, 0.2) is 97.1 Å². The van der Waals surface area contributed by atoms with E-state index >= 15 is 0 Å². The van der Waals surface area contributed by atoms with Gasteiger partial charge >= 0.3 is 26.2 Å². The number of hydrogen-bond donors (Lipinski definition) is 0. The average molecular weight is 752 g/mol. The zero-order chi connectivity index (χ0) is 32.9. The molecule has 0 spiro atoms. The van der Waals surface area contributed by atoms with Gasteiger partial charge in [0.2, 0.25) is 0 Å². The second-order valence-electron chi connectivity index (χ2n) is 17.3. The molecule has 6 aromatic rings. The van der Waals surface area contributed by atoms with Gasteiger partial charge in [-0.25, -0.2) is 0 Å². The van der Waals surface area contributed by atoms with Crippen molar-refractivity contribution in [2.45, 2.75) is 103 Å². The summed E-state index contributed by atoms with van der Waals surface area (Å²) in [5, 5.41) is 9.33. The summed E-state index contributed by atoms with van der Waals surface area (Å²) in [4.78, 5) is 0. The van der Waals surface area contributed by atoms with E-state index in [1.807, 2.05) is 0 Å². The van der Waals surface area contributed by atoms with E-state index in [9.17, 15) is 0 Å². The fourth-order valence-electron chi connectivity index (χ4n) is 8.39. The molecular formula is C48H56SiZr. The van der Waals surface area contributed by atoms with Crippen molar-refractivity contribution in [3.05, 3.63) is 134 Å². The Labute approximate surface area is 323 Å². The summed E-state index contributed by atoms with van der Waals surface area (Å²) < 4.78 is 0. The maximum atomic E-state index is 2.69. The fourth-order valence-corrected chi connectivity index (χ4v) is 12.4. The molecule has 0 heterocycles. The summed E-state index contributed by atoms with van der Waals surface area (Å²) in [6.45, 7) is 19.2. The van der Waals surface area contributed by atoms with Crippen molar-refractivity contribution in [1.82, 2.24) is 0 Å². The van der Waals surface area contributed by atoms with Crippen molar-refractivity contribution in [3.8, 4) is 22.3 Å². The molecule has 2 aliphatic rings. The van der Waals surface area contributed by atoms with Crippen molar-refractivity contribution < 1.29 is 26.2 Å². The van der Waals surface area contributed by atoms with E-state index in [0.29, 0.717) is 11.8 Å². The van der Waals surface area contributed by atoms with Crippen LogP contribution in [0.4, 0.5) is 0 Å². The molecule has 8 rings (SSSR count). The van der Waals surface area contributed by atoms with Crippen LogP contribution in [0.5, 0.6) is 0 Å². The first-order chi connectivity index (χ1) is 22.3. The normalized spacial score (nSPS) is 15.0. The van der Waals surface area contributed by atoms with Gasteiger partial charge < -0.3 is 14.9 Å². The van der Waals surface area contributed by atoms with Crippen LogP contribution in [0.1, 0.15) is 101 Å². The Hall–Kier alpha value is -2.80. The molecule has 2 aliphatic carbocycles. The molecule has 2 heteroatoms. The molecule has 0 aliphatic heterocycles. The molecule has 0 nitrogen and oxygen atoms in total. The molecule has 0 atom stereocenters. The maximum absolute atomic E-state index is 2.69. The smallest absolute Gasteiger partial charge is 0.358 e. The molecule has 0 aromatic heterocycles. The van der Waals surface area contributed by atoms with Gasteiger partial charge in [0.05, 0.1) is 0 Å². The third-order valence-corrected chi connectivity index (χ3v) is 14.9. The SMILES string of the molecule is CC(C)(C)c1ccc(-c2cccc3[cH-]c(C4CC4)c([Si](C)(C)c4c(C5CC5)[cH-]c5cccc(-c6ccc(C(C)(C)C)cc6)c45)c23)cc1.[CH3-].[CH3-].[Zr+4]. The van der Waals surface area contributed by atoms with E-state index in [0.717, 1.165) is 0 Å². The third kappa shape index (κ3) is 6.65. The summed E-state index contributed by atoms with van der Waals surface area (Å²) in [6.07, 6.45) is 5.30. The zero-order valence-electron chi connectivity index (χ0n) is 32.2. The molecular weight excluding hydrogens is 696 g/mol.